The molecule has 4 heteroatoms. The van der Waals surface area contributed by atoms with E-state index in [1.54, 1.807) is 32.2 Å². The van der Waals surface area contributed by atoms with Gasteiger partial charge in [-0.05, 0) is 50.3 Å². The van der Waals surface area contributed by atoms with Gasteiger partial charge in [-0.25, -0.2) is 0 Å². The van der Waals surface area contributed by atoms with E-state index in [1.165, 1.54) is 12.8 Å². The molecule has 0 radical (unpaired) electrons. The van der Waals surface area contributed by atoms with Gasteiger partial charge in [-0.2, -0.15) is 5.26 Å². The number of nitrogens with zero attached hydrogens (tertiary/aromatic N) is 1. The Balaban J connectivity index is 2.26. The summed E-state index contributed by atoms with van der Waals surface area (Å²) in [6.07, 6.45) is 4.77. The summed E-state index contributed by atoms with van der Waals surface area (Å²) in [6.45, 7) is 1.64. The number of nitriles is 1. The third-order valence-electron chi connectivity index (χ3n) is 3.80. The molecule has 1 aromatic carbocycles. The Morgan fingerprint density at radius 2 is 2.05 bits per heavy atom. The van der Waals surface area contributed by atoms with Crippen LogP contribution in [0.2, 0.25) is 0 Å². The van der Waals surface area contributed by atoms with Gasteiger partial charge in [0.15, 0.2) is 11.5 Å². The Labute approximate surface area is 119 Å². The van der Waals surface area contributed by atoms with Crippen molar-refractivity contribution in [2.75, 3.05) is 7.11 Å². The number of benzene rings is 1. The quantitative estimate of drug-likeness (QED) is 0.896. The second-order valence-electron chi connectivity index (χ2n) is 5.50. The van der Waals surface area contributed by atoms with E-state index in [4.69, 9.17) is 14.7 Å². The average Bonchev–Trinajstić information content (AvgIpc) is 2.91. The van der Waals surface area contributed by atoms with E-state index in [1.807, 2.05) is 6.07 Å². The van der Waals surface area contributed by atoms with Gasteiger partial charge in [0, 0.05) is 0 Å². The SMILES string of the molecule is COc1ccc(C(C)(O)CC#N)cc1OC1CCCC1. The van der Waals surface area contributed by atoms with Crippen molar-refractivity contribution in [3.8, 4) is 17.6 Å². The lowest BCUT2D eigenvalue weighted by Gasteiger charge is -2.23. The highest BCUT2D eigenvalue weighted by molar-refractivity contribution is 5.44. The second kappa shape index (κ2) is 6.15. The molecular weight excluding hydrogens is 254 g/mol. The van der Waals surface area contributed by atoms with Gasteiger partial charge in [0.1, 0.15) is 0 Å². The first-order valence-electron chi connectivity index (χ1n) is 7.01. The summed E-state index contributed by atoms with van der Waals surface area (Å²) in [5, 5.41) is 19.1. The average molecular weight is 275 g/mol. The van der Waals surface area contributed by atoms with Crippen LogP contribution in [-0.2, 0) is 5.60 Å². The summed E-state index contributed by atoms with van der Waals surface area (Å²) < 4.78 is 11.3. The van der Waals surface area contributed by atoms with Gasteiger partial charge in [0.2, 0.25) is 0 Å². The summed E-state index contributed by atoms with van der Waals surface area (Å²) in [5.74, 6) is 1.31. The van der Waals surface area contributed by atoms with Crippen LogP contribution >= 0.6 is 0 Å². The summed E-state index contributed by atoms with van der Waals surface area (Å²) in [4.78, 5) is 0. The summed E-state index contributed by atoms with van der Waals surface area (Å²) >= 11 is 0. The van der Waals surface area contributed by atoms with Crippen molar-refractivity contribution in [3.05, 3.63) is 23.8 Å². The fourth-order valence-electron chi connectivity index (χ4n) is 2.55. The maximum absolute atomic E-state index is 10.3. The number of aliphatic hydroxyl groups is 1. The Bertz CT molecular complexity index is 499. The van der Waals surface area contributed by atoms with Gasteiger partial charge in [-0.15, -0.1) is 0 Å². The molecule has 1 N–H and O–H groups in total. The molecule has 1 atom stereocenters. The van der Waals surface area contributed by atoms with Crippen molar-refractivity contribution in [2.45, 2.75) is 50.7 Å². The molecule has 0 heterocycles. The molecule has 1 saturated carbocycles. The van der Waals surface area contributed by atoms with E-state index >= 15 is 0 Å². The molecule has 1 aliphatic rings. The Kier molecular flexibility index (Phi) is 4.51. The lowest BCUT2D eigenvalue weighted by atomic mass is 9.93. The molecule has 1 aliphatic carbocycles. The van der Waals surface area contributed by atoms with Gasteiger partial charge < -0.3 is 14.6 Å². The summed E-state index contributed by atoms with van der Waals surface area (Å²) in [7, 11) is 1.60. The predicted molar refractivity (Wildman–Crippen MR) is 75.7 cm³/mol. The summed E-state index contributed by atoms with van der Waals surface area (Å²) in [5.41, 5.74) is -0.498. The molecule has 4 nitrogen and oxygen atoms in total. The third-order valence-corrected chi connectivity index (χ3v) is 3.80. The van der Waals surface area contributed by atoms with Crippen molar-refractivity contribution >= 4 is 0 Å². The number of methoxy groups -OCH3 is 1. The summed E-state index contributed by atoms with van der Waals surface area (Å²) in [6, 6.07) is 7.35. The minimum atomic E-state index is -1.17. The molecule has 0 aromatic heterocycles. The smallest absolute Gasteiger partial charge is 0.161 e. The van der Waals surface area contributed by atoms with E-state index in [0.29, 0.717) is 17.1 Å². The molecule has 108 valence electrons. The molecule has 1 aromatic rings. The van der Waals surface area contributed by atoms with E-state index in [0.717, 1.165) is 12.8 Å². The van der Waals surface area contributed by atoms with Crippen LogP contribution in [0.3, 0.4) is 0 Å². The highest BCUT2D eigenvalue weighted by Gasteiger charge is 2.25. The molecule has 0 spiro atoms. The maximum Gasteiger partial charge on any atom is 0.161 e. The normalized spacial score (nSPS) is 18.3. The van der Waals surface area contributed by atoms with Crippen molar-refractivity contribution in [1.82, 2.24) is 0 Å². The molecule has 1 fully saturated rings. The molecule has 1 unspecified atom stereocenters. The minimum Gasteiger partial charge on any atom is -0.493 e. The van der Waals surface area contributed by atoms with E-state index < -0.39 is 5.60 Å². The van der Waals surface area contributed by atoms with E-state index in [9.17, 15) is 5.11 Å². The molecule has 0 amide bonds. The van der Waals surface area contributed by atoms with Crippen LogP contribution in [0.5, 0.6) is 11.5 Å². The van der Waals surface area contributed by atoms with Gasteiger partial charge in [0.05, 0.1) is 31.3 Å². The molecular formula is C16H21NO3. The molecule has 20 heavy (non-hydrogen) atoms. The number of ether oxygens (including phenoxy) is 2. The first-order chi connectivity index (χ1) is 9.56. The van der Waals surface area contributed by atoms with Crippen molar-refractivity contribution in [1.29, 1.82) is 5.26 Å². The first kappa shape index (κ1) is 14.7. The van der Waals surface area contributed by atoms with Crippen molar-refractivity contribution in [3.63, 3.8) is 0 Å². The molecule has 0 bridgehead atoms. The number of rotatable bonds is 5. The standard InChI is InChI=1S/C16H21NO3/c1-16(18,9-10-17)12-7-8-14(19-2)15(11-12)20-13-5-3-4-6-13/h7-8,11,13,18H,3-6,9H2,1-2H3. The Morgan fingerprint density at radius 3 is 2.65 bits per heavy atom. The third kappa shape index (κ3) is 3.23. The zero-order valence-corrected chi connectivity index (χ0v) is 12.1. The van der Waals surface area contributed by atoms with Gasteiger partial charge in [-0.1, -0.05) is 6.07 Å². The zero-order valence-electron chi connectivity index (χ0n) is 12.1. The fourth-order valence-corrected chi connectivity index (χ4v) is 2.55. The van der Waals surface area contributed by atoms with Crippen LogP contribution in [0.25, 0.3) is 0 Å². The van der Waals surface area contributed by atoms with Crippen molar-refractivity contribution < 1.29 is 14.6 Å². The monoisotopic (exact) mass is 275 g/mol. The lowest BCUT2D eigenvalue weighted by Crippen LogP contribution is -2.20. The number of hydrogen-bond donors (Lipinski definition) is 1. The van der Waals surface area contributed by atoms with Gasteiger partial charge >= 0.3 is 0 Å². The molecule has 0 aliphatic heterocycles. The zero-order chi connectivity index (χ0) is 14.6. The second-order valence-corrected chi connectivity index (χ2v) is 5.50. The van der Waals surface area contributed by atoms with Crippen LogP contribution < -0.4 is 9.47 Å². The fraction of sp³-hybridized carbons (Fsp3) is 0.562. The predicted octanol–water partition coefficient (Wildman–Crippen LogP) is 3.14. The van der Waals surface area contributed by atoms with Gasteiger partial charge in [-0.3, -0.25) is 0 Å². The van der Waals surface area contributed by atoms with Crippen LogP contribution in [0.4, 0.5) is 0 Å². The number of hydrogen-bond acceptors (Lipinski definition) is 4. The maximum atomic E-state index is 10.3. The van der Waals surface area contributed by atoms with Crippen LogP contribution in [0, 0.1) is 11.3 Å². The highest BCUT2D eigenvalue weighted by Crippen LogP contribution is 2.36. The van der Waals surface area contributed by atoms with E-state index in [2.05, 4.69) is 0 Å². The molecule has 2 rings (SSSR count). The van der Waals surface area contributed by atoms with Crippen LogP contribution in [0.15, 0.2) is 18.2 Å². The van der Waals surface area contributed by atoms with Crippen molar-refractivity contribution in [2.24, 2.45) is 0 Å². The lowest BCUT2D eigenvalue weighted by molar-refractivity contribution is 0.0618. The highest BCUT2D eigenvalue weighted by atomic mass is 16.5. The van der Waals surface area contributed by atoms with E-state index in [-0.39, 0.29) is 12.5 Å². The minimum absolute atomic E-state index is 0.0438. The van der Waals surface area contributed by atoms with Crippen LogP contribution in [-0.4, -0.2) is 18.3 Å². The van der Waals surface area contributed by atoms with Crippen LogP contribution in [0.1, 0.15) is 44.6 Å². The largest absolute Gasteiger partial charge is 0.493 e. The first-order valence-corrected chi connectivity index (χ1v) is 7.01. The Hall–Kier alpha value is -1.73. The van der Waals surface area contributed by atoms with Gasteiger partial charge in [0.25, 0.3) is 0 Å². The Morgan fingerprint density at radius 1 is 1.35 bits per heavy atom. The molecule has 0 saturated heterocycles. The topological polar surface area (TPSA) is 62.5 Å².